The molecule has 0 spiro atoms. The molecule has 1 aromatic carbocycles. The SMILES string of the molecule is CCO[C@H](Nc1ccc(OC)cc1)C(F)(F)F. The summed E-state index contributed by atoms with van der Waals surface area (Å²) in [6.45, 7) is 1.49. The van der Waals surface area contributed by atoms with E-state index < -0.39 is 12.4 Å². The topological polar surface area (TPSA) is 30.5 Å². The van der Waals surface area contributed by atoms with Crippen LogP contribution in [0.2, 0.25) is 0 Å². The highest BCUT2D eigenvalue weighted by molar-refractivity contribution is 5.46. The first-order chi connectivity index (χ1) is 7.97. The lowest BCUT2D eigenvalue weighted by Gasteiger charge is -2.22. The van der Waals surface area contributed by atoms with Crippen molar-refractivity contribution < 1.29 is 22.6 Å². The van der Waals surface area contributed by atoms with Gasteiger partial charge in [-0.2, -0.15) is 13.2 Å². The summed E-state index contributed by atoms with van der Waals surface area (Å²) >= 11 is 0. The molecule has 3 nitrogen and oxygen atoms in total. The molecule has 1 N–H and O–H groups in total. The summed E-state index contributed by atoms with van der Waals surface area (Å²) in [4.78, 5) is 0. The first kappa shape index (κ1) is 13.6. The number of ether oxygens (including phenoxy) is 2. The Morgan fingerprint density at radius 3 is 2.24 bits per heavy atom. The summed E-state index contributed by atoms with van der Waals surface area (Å²) < 4.78 is 47.1. The lowest BCUT2D eigenvalue weighted by atomic mass is 10.3. The monoisotopic (exact) mass is 249 g/mol. The number of alkyl halides is 3. The second kappa shape index (κ2) is 5.77. The van der Waals surface area contributed by atoms with Crippen LogP contribution >= 0.6 is 0 Å². The molecule has 0 aliphatic rings. The van der Waals surface area contributed by atoms with E-state index in [1.165, 1.54) is 26.2 Å². The number of rotatable bonds is 5. The standard InChI is InChI=1S/C11H14F3NO2/c1-3-17-10(11(12,13)14)15-8-4-6-9(16-2)7-5-8/h4-7,10,15H,3H2,1-2H3/t10-/m0/s1. The van der Waals surface area contributed by atoms with Gasteiger partial charge in [0.05, 0.1) is 7.11 Å². The predicted octanol–water partition coefficient (Wildman–Crippen LogP) is 3.03. The number of hydrogen-bond donors (Lipinski definition) is 1. The number of nitrogens with one attached hydrogen (secondary N) is 1. The molecule has 0 aliphatic heterocycles. The third kappa shape index (κ3) is 4.14. The van der Waals surface area contributed by atoms with E-state index in [0.29, 0.717) is 11.4 Å². The van der Waals surface area contributed by atoms with E-state index in [4.69, 9.17) is 4.74 Å². The highest BCUT2D eigenvalue weighted by Gasteiger charge is 2.40. The summed E-state index contributed by atoms with van der Waals surface area (Å²) in [5, 5.41) is 2.27. The van der Waals surface area contributed by atoms with E-state index in [0.717, 1.165) is 0 Å². The Bertz CT molecular complexity index is 338. The maximum absolute atomic E-state index is 12.5. The lowest BCUT2D eigenvalue weighted by molar-refractivity contribution is -0.209. The van der Waals surface area contributed by atoms with Crippen molar-refractivity contribution in [1.29, 1.82) is 0 Å². The van der Waals surface area contributed by atoms with Gasteiger partial charge in [-0.05, 0) is 31.2 Å². The maximum atomic E-state index is 12.5. The van der Waals surface area contributed by atoms with E-state index in [1.54, 1.807) is 12.1 Å². The summed E-state index contributed by atoms with van der Waals surface area (Å²) in [7, 11) is 1.49. The zero-order chi connectivity index (χ0) is 12.9. The van der Waals surface area contributed by atoms with Crippen molar-refractivity contribution >= 4 is 5.69 Å². The van der Waals surface area contributed by atoms with E-state index in [2.05, 4.69) is 10.1 Å². The van der Waals surface area contributed by atoms with Crippen LogP contribution in [0.25, 0.3) is 0 Å². The lowest BCUT2D eigenvalue weighted by Crippen LogP contribution is -2.38. The third-order valence-electron chi connectivity index (χ3n) is 2.02. The highest BCUT2D eigenvalue weighted by Crippen LogP contribution is 2.25. The van der Waals surface area contributed by atoms with Gasteiger partial charge in [-0.25, -0.2) is 0 Å². The van der Waals surface area contributed by atoms with Gasteiger partial charge < -0.3 is 14.8 Å². The Kier molecular flexibility index (Phi) is 4.62. The van der Waals surface area contributed by atoms with Crippen LogP contribution < -0.4 is 10.1 Å². The largest absolute Gasteiger partial charge is 0.497 e. The normalized spacial score (nSPS) is 13.2. The van der Waals surface area contributed by atoms with Crippen molar-refractivity contribution in [2.75, 3.05) is 19.0 Å². The first-order valence-electron chi connectivity index (χ1n) is 5.06. The zero-order valence-electron chi connectivity index (χ0n) is 9.54. The van der Waals surface area contributed by atoms with Crippen LogP contribution in [-0.2, 0) is 4.74 Å². The van der Waals surface area contributed by atoms with Crippen molar-refractivity contribution in [2.24, 2.45) is 0 Å². The van der Waals surface area contributed by atoms with Gasteiger partial charge >= 0.3 is 6.18 Å². The number of hydrogen-bond acceptors (Lipinski definition) is 3. The Balaban J connectivity index is 2.72. The van der Waals surface area contributed by atoms with Gasteiger partial charge in [-0.15, -0.1) is 0 Å². The quantitative estimate of drug-likeness (QED) is 0.813. The average molecular weight is 249 g/mol. The fraction of sp³-hybridized carbons (Fsp3) is 0.455. The van der Waals surface area contributed by atoms with E-state index in [9.17, 15) is 13.2 Å². The molecule has 0 saturated carbocycles. The fourth-order valence-electron chi connectivity index (χ4n) is 1.22. The molecule has 6 heteroatoms. The number of methoxy groups -OCH3 is 1. The number of anilines is 1. The van der Waals surface area contributed by atoms with Crippen molar-refractivity contribution in [3.05, 3.63) is 24.3 Å². The van der Waals surface area contributed by atoms with Gasteiger partial charge in [0, 0.05) is 12.3 Å². The minimum atomic E-state index is -4.45. The molecule has 1 atom stereocenters. The Morgan fingerprint density at radius 2 is 1.82 bits per heavy atom. The average Bonchev–Trinajstić information content (AvgIpc) is 2.28. The maximum Gasteiger partial charge on any atom is 0.433 e. The van der Waals surface area contributed by atoms with Crippen LogP contribution in [0.1, 0.15) is 6.92 Å². The van der Waals surface area contributed by atoms with Gasteiger partial charge in [0.25, 0.3) is 0 Å². The molecule has 0 bridgehead atoms. The van der Waals surface area contributed by atoms with Gasteiger partial charge in [0.15, 0.2) is 0 Å². The Hall–Kier alpha value is -1.43. The van der Waals surface area contributed by atoms with E-state index in [1.807, 2.05) is 0 Å². The first-order valence-corrected chi connectivity index (χ1v) is 5.06. The van der Waals surface area contributed by atoms with Gasteiger partial charge in [0.2, 0.25) is 6.23 Å². The summed E-state index contributed by atoms with van der Waals surface area (Å²) in [5.41, 5.74) is 0.321. The second-order valence-electron chi connectivity index (χ2n) is 3.25. The number of halogens is 3. The zero-order valence-corrected chi connectivity index (χ0v) is 9.54. The Labute approximate surface area is 97.5 Å². The van der Waals surface area contributed by atoms with Gasteiger partial charge in [0.1, 0.15) is 5.75 Å². The minimum Gasteiger partial charge on any atom is -0.497 e. The van der Waals surface area contributed by atoms with Crippen molar-refractivity contribution in [2.45, 2.75) is 19.3 Å². The number of benzene rings is 1. The molecule has 0 unspecified atom stereocenters. The third-order valence-corrected chi connectivity index (χ3v) is 2.02. The molecule has 0 amide bonds. The summed E-state index contributed by atoms with van der Waals surface area (Å²) in [6, 6.07) is 6.14. The van der Waals surface area contributed by atoms with Crippen LogP contribution in [0, 0.1) is 0 Å². The summed E-state index contributed by atoms with van der Waals surface area (Å²) in [5.74, 6) is 0.579. The van der Waals surface area contributed by atoms with Crippen LogP contribution in [0.4, 0.5) is 18.9 Å². The molecule has 0 fully saturated rings. The van der Waals surface area contributed by atoms with Crippen LogP contribution in [-0.4, -0.2) is 26.1 Å². The highest BCUT2D eigenvalue weighted by atomic mass is 19.4. The van der Waals surface area contributed by atoms with Crippen molar-refractivity contribution in [3.8, 4) is 5.75 Å². The molecule has 1 aromatic rings. The molecule has 0 saturated heterocycles. The minimum absolute atomic E-state index is 0.0205. The fourth-order valence-corrected chi connectivity index (χ4v) is 1.22. The van der Waals surface area contributed by atoms with Crippen LogP contribution in [0.3, 0.4) is 0 Å². The smallest absolute Gasteiger partial charge is 0.433 e. The Morgan fingerprint density at radius 1 is 1.24 bits per heavy atom. The predicted molar refractivity (Wildman–Crippen MR) is 58.1 cm³/mol. The molecule has 17 heavy (non-hydrogen) atoms. The molecule has 0 heterocycles. The molecule has 0 radical (unpaired) electrons. The molecular weight excluding hydrogens is 235 g/mol. The molecule has 96 valence electrons. The van der Waals surface area contributed by atoms with Gasteiger partial charge in [-0.1, -0.05) is 0 Å². The summed E-state index contributed by atoms with van der Waals surface area (Å²) in [6.07, 6.45) is -6.45. The second-order valence-corrected chi connectivity index (χ2v) is 3.25. The van der Waals surface area contributed by atoms with Crippen LogP contribution in [0.15, 0.2) is 24.3 Å². The van der Waals surface area contributed by atoms with Crippen LogP contribution in [0.5, 0.6) is 5.75 Å². The molecule has 0 aromatic heterocycles. The van der Waals surface area contributed by atoms with Crippen molar-refractivity contribution in [3.63, 3.8) is 0 Å². The molecular formula is C11H14F3NO2. The van der Waals surface area contributed by atoms with Crippen molar-refractivity contribution in [1.82, 2.24) is 0 Å². The molecule has 0 aliphatic carbocycles. The molecule has 1 rings (SSSR count). The van der Waals surface area contributed by atoms with Gasteiger partial charge in [-0.3, -0.25) is 0 Å². The van der Waals surface area contributed by atoms with E-state index in [-0.39, 0.29) is 6.61 Å². The van der Waals surface area contributed by atoms with E-state index >= 15 is 0 Å².